The number of aromatic hydroxyl groups is 1. The van der Waals surface area contributed by atoms with E-state index in [0.717, 1.165) is 23.2 Å². The number of carboxylic acids is 1. The normalized spacial score (nSPS) is 14.7. The highest BCUT2D eigenvalue weighted by Gasteiger charge is 2.27. The summed E-state index contributed by atoms with van der Waals surface area (Å²) < 4.78 is 8.52. The van der Waals surface area contributed by atoms with Crippen LogP contribution in [0.4, 0.5) is 0 Å². The molecule has 2 N–H and O–H groups in total. The van der Waals surface area contributed by atoms with Gasteiger partial charge in [0.2, 0.25) is 5.88 Å². The molecule has 0 amide bonds. The fourth-order valence-corrected chi connectivity index (χ4v) is 5.51. The summed E-state index contributed by atoms with van der Waals surface area (Å²) in [6.07, 6.45) is 6.18. The van der Waals surface area contributed by atoms with Crippen molar-refractivity contribution >= 4 is 17.6 Å². The predicted molar refractivity (Wildman–Crippen MR) is 147 cm³/mol. The Morgan fingerprint density at radius 3 is 2.50 bits per heavy atom. The van der Waals surface area contributed by atoms with Gasteiger partial charge >= 0.3 is 11.7 Å². The van der Waals surface area contributed by atoms with Crippen molar-refractivity contribution in [3.8, 4) is 11.6 Å². The van der Waals surface area contributed by atoms with Gasteiger partial charge in [-0.25, -0.2) is 4.79 Å². The summed E-state index contributed by atoms with van der Waals surface area (Å²) in [6, 6.07) is 13.2. The third-order valence-corrected chi connectivity index (χ3v) is 7.60. The molecule has 8 nitrogen and oxygen atoms in total. The highest BCUT2D eigenvalue weighted by Crippen LogP contribution is 2.33. The molecule has 0 aliphatic heterocycles. The van der Waals surface area contributed by atoms with Gasteiger partial charge in [-0.1, -0.05) is 48.7 Å². The Kier molecular flexibility index (Phi) is 9.17. The van der Waals surface area contributed by atoms with Gasteiger partial charge in [0.1, 0.15) is 12.4 Å². The van der Waals surface area contributed by atoms with Crippen molar-refractivity contribution in [2.75, 3.05) is 13.2 Å². The summed E-state index contributed by atoms with van der Waals surface area (Å²) in [4.78, 5) is 26.3. The first-order valence-corrected chi connectivity index (χ1v) is 13.5. The lowest BCUT2D eigenvalue weighted by Gasteiger charge is -2.33. The van der Waals surface area contributed by atoms with Gasteiger partial charge in [0.15, 0.2) is 0 Å². The maximum atomic E-state index is 12.1. The van der Waals surface area contributed by atoms with Crippen LogP contribution in [0.3, 0.4) is 0 Å². The highest BCUT2D eigenvalue weighted by molar-refractivity contribution is 6.30. The van der Waals surface area contributed by atoms with Crippen molar-refractivity contribution in [1.82, 2.24) is 14.0 Å². The quantitative estimate of drug-likeness (QED) is 0.329. The summed E-state index contributed by atoms with van der Waals surface area (Å²) in [5.74, 6) is 0.344. The SMILES string of the molecule is Cc1cc(CN(CC2CCCC2)[C@@H](CC(=O)O)c2ccc(Cl)cc2)ccc1OCCn1c(O)cn(C)c1=O. The number of benzene rings is 2. The van der Waals surface area contributed by atoms with Crippen molar-refractivity contribution in [1.29, 1.82) is 0 Å². The highest BCUT2D eigenvalue weighted by atomic mass is 35.5. The predicted octanol–water partition coefficient (Wildman–Crippen LogP) is 5.14. The minimum atomic E-state index is -0.829. The number of aryl methyl sites for hydroxylation is 2. The Labute approximate surface area is 228 Å². The van der Waals surface area contributed by atoms with Crippen LogP contribution >= 0.6 is 11.6 Å². The average Bonchev–Trinajstić information content (AvgIpc) is 3.47. The minimum absolute atomic E-state index is 0.0141. The molecule has 0 spiro atoms. The van der Waals surface area contributed by atoms with E-state index >= 15 is 0 Å². The third-order valence-electron chi connectivity index (χ3n) is 7.35. The van der Waals surface area contributed by atoms with Crippen LogP contribution in [0.15, 0.2) is 53.5 Å². The fraction of sp³-hybridized carbons (Fsp3) is 0.448. The number of hydrogen-bond donors (Lipinski definition) is 2. The maximum Gasteiger partial charge on any atom is 0.330 e. The Hall–Kier alpha value is -3.23. The van der Waals surface area contributed by atoms with Crippen LogP contribution in [0, 0.1) is 12.8 Å². The Morgan fingerprint density at radius 2 is 1.89 bits per heavy atom. The Bertz CT molecular complexity index is 1290. The van der Waals surface area contributed by atoms with Crippen LogP contribution in [0.5, 0.6) is 11.6 Å². The summed E-state index contributed by atoms with van der Waals surface area (Å²) in [5.41, 5.74) is 2.69. The first kappa shape index (κ1) is 27.8. The molecule has 9 heteroatoms. The molecule has 38 heavy (non-hydrogen) atoms. The zero-order valence-electron chi connectivity index (χ0n) is 22.0. The lowest BCUT2D eigenvalue weighted by atomic mass is 9.98. The molecule has 0 bridgehead atoms. The van der Waals surface area contributed by atoms with E-state index in [1.807, 2.05) is 43.3 Å². The first-order valence-electron chi connectivity index (χ1n) is 13.1. The van der Waals surface area contributed by atoms with E-state index in [1.165, 1.54) is 41.0 Å². The van der Waals surface area contributed by atoms with Gasteiger partial charge in [0.25, 0.3) is 0 Å². The largest absolute Gasteiger partial charge is 0.493 e. The molecule has 0 saturated heterocycles. The van der Waals surface area contributed by atoms with E-state index < -0.39 is 5.97 Å². The minimum Gasteiger partial charge on any atom is -0.493 e. The number of aliphatic carboxylic acids is 1. The standard InChI is InChI=1S/C29H36ClN3O5/c1-20-15-22(7-12-26(20)38-14-13-33-27(34)19-31(2)29(33)37)18-32(17-21-5-3-4-6-21)25(16-28(35)36)23-8-10-24(30)11-9-23/h7-12,15,19,21,25,34H,3-6,13-14,16-18H2,1-2H3,(H,35,36)/t25-/m0/s1. The zero-order chi connectivity index (χ0) is 27.2. The second kappa shape index (κ2) is 12.5. The second-order valence-corrected chi connectivity index (χ2v) is 10.7. The number of rotatable bonds is 12. The van der Waals surface area contributed by atoms with Gasteiger partial charge in [0, 0.05) is 31.2 Å². The van der Waals surface area contributed by atoms with E-state index in [1.54, 1.807) is 7.05 Å². The molecule has 1 aliphatic carbocycles. The molecule has 204 valence electrons. The zero-order valence-corrected chi connectivity index (χ0v) is 22.7. The summed E-state index contributed by atoms with van der Waals surface area (Å²) in [6.45, 7) is 3.90. The first-order chi connectivity index (χ1) is 18.2. The van der Waals surface area contributed by atoms with Crippen LogP contribution < -0.4 is 10.4 Å². The van der Waals surface area contributed by atoms with Gasteiger partial charge in [-0.3, -0.25) is 18.8 Å². The number of aromatic nitrogens is 2. The van der Waals surface area contributed by atoms with E-state index in [-0.39, 0.29) is 37.2 Å². The number of ether oxygens (including phenoxy) is 1. The van der Waals surface area contributed by atoms with Crippen molar-refractivity contribution < 1.29 is 19.7 Å². The van der Waals surface area contributed by atoms with E-state index in [0.29, 0.717) is 23.2 Å². The fourth-order valence-electron chi connectivity index (χ4n) is 5.38. The number of carbonyl (C=O) groups is 1. The molecule has 1 aliphatic rings. The molecule has 1 fully saturated rings. The van der Waals surface area contributed by atoms with Crippen LogP contribution in [0.25, 0.3) is 0 Å². The summed E-state index contributed by atoms with van der Waals surface area (Å²) >= 11 is 6.12. The molecule has 3 aromatic rings. The molecule has 1 aromatic heterocycles. The molecular weight excluding hydrogens is 506 g/mol. The average molecular weight is 542 g/mol. The van der Waals surface area contributed by atoms with Gasteiger partial charge in [-0.05, 0) is 60.6 Å². The Balaban J connectivity index is 1.50. The van der Waals surface area contributed by atoms with Crippen molar-refractivity contribution in [3.63, 3.8) is 0 Å². The van der Waals surface area contributed by atoms with Gasteiger partial charge in [-0.15, -0.1) is 0 Å². The number of hydrogen-bond acceptors (Lipinski definition) is 5. The summed E-state index contributed by atoms with van der Waals surface area (Å²) in [5, 5.41) is 20.3. The lowest BCUT2D eigenvalue weighted by molar-refractivity contribution is -0.138. The van der Waals surface area contributed by atoms with E-state index in [9.17, 15) is 19.8 Å². The van der Waals surface area contributed by atoms with E-state index in [4.69, 9.17) is 16.3 Å². The molecule has 2 aromatic carbocycles. The molecule has 4 rings (SSSR count). The lowest BCUT2D eigenvalue weighted by Crippen LogP contribution is -2.34. The smallest absolute Gasteiger partial charge is 0.330 e. The Morgan fingerprint density at radius 1 is 1.18 bits per heavy atom. The van der Waals surface area contributed by atoms with Crippen LogP contribution in [0.1, 0.15) is 54.8 Å². The van der Waals surface area contributed by atoms with Crippen molar-refractivity contribution in [3.05, 3.63) is 80.9 Å². The van der Waals surface area contributed by atoms with Crippen LogP contribution in [-0.4, -0.2) is 43.4 Å². The third kappa shape index (κ3) is 6.99. The van der Waals surface area contributed by atoms with Crippen molar-refractivity contribution in [2.45, 2.75) is 58.2 Å². The molecular formula is C29H36ClN3O5. The van der Waals surface area contributed by atoms with E-state index in [2.05, 4.69) is 11.0 Å². The van der Waals surface area contributed by atoms with Gasteiger partial charge in [0.05, 0.1) is 19.2 Å². The number of halogens is 1. The molecule has 1 saturated carbocycles. The topological polar surface area (TPSA) is 96.9 Å². The molecule has 1 heterocycles. The second-order valence-electron chi connectivity index (χ2n) is 10.2. The number of nitrogens with zero attached hydrogens (tertiary/aromatic N) is 3. The monoisotopic (exact) mass is 541 g/mol. The van der Waals surface area contributed by atoms with Gasteiger partial charge < -0.3 is 14.9 Å². The maximum absolute atomic E-state index is 12.1. The molecule has 0 unspecified atom stereocenters. The van der Waals surface area contributed by atoms with Crippen molar-refractivity contribution in [2.24, 2.45) is 13.0 Å². The van der Waals surface area contributed by atoms with Gasteiger partial charge in [-0.2, -0.15) is 0 Å². The summed E-state index contributed by atoms with van der Waals surface area (Å²) in [7, 11) is 1.59. The molecule has 1 atom stereocenters. The molecule has 0 radical (unpaired) electrons. The number of carboxylic acid groups (broad SMARTS) is 1. The van der Waals surface area contributed by atoms with Crippen LogP contribution in [0.2, 0.25) is 5.02 Å². The number of imidazole rings is 1. The van der Waals surface area contributed by atoms with Crippen LogP contribution in [-0.2, 0) is 24.9 Å².